The van der Waals surface area contributed by atoms with E-state index in [1.165, 1.54) is 0 Å². The molecule has 6 nitrogen and oxygen atoms in total. The van der Waals surface area contributed by atoms with Gasteiger partial charge in [-0.05, 0) is 44.7 Å². The van der Waals surface area contributed by atoms with Crippen molar-refractivity contribution in [2.75, 3.05) is 25.6 Å². The highest BCUT2D eigenvalue weighted by Crippen LogP contribution is 2.12. The third kappa shape index (κ3) is 7.12. The second-order valence-corrected chi connectivity index (χ2v) is 4.70. The Labute approximate surface area is 118 Å². The average molecular weight is 289 g/mol. The number of hydrogen-bond donors (Lipinski definition) is 1. The lowest BCUT2D eigenvalue weighted by atomic mass is 10.2. The van der Waals surface area contributed by atoms with E-state index in [9.17, 15) is 0 Å². The zero-order chi connectivity index (χ0) is 14.1. The Balaban J connectivity index is 2.38. The SMILES string of the molecule is COCCCCCNc1nc(Cl)nc(OC(C)C)n1. The van der Waals surface area contributed by atoms with E-state index in [0.717, 1.165) is 32.4 Å². The van der Waals surface area contributed by atoms with Crippen molar-refractivity contribution in [3.05, 3.63) is 5.28 Å². The van der Waals surface area contributed by atoms with Crippen molar-refractivity contribution in [3.63, 3.8) is 0 Å². The standard InChI is InChI=1S/C12H21ClN4O2/c1-9(2)19-12-16-10(13)15-11(17-12)14-7-5-4-6-8-18-3/h9H,4-8H2,1-3H3,(H,14,15,16,17). The minimum absolute atomic E-state index is 0.000334. The van der Waals surface area contributed by atoms with Gasteiger partial charge in [0.15, 0.2) is 0 Å². The molecule has 0 spiro atoms. The summed E-state index contributed by atoms with van der Waals surface area (Å²) in [5.41, 5.74) is 0. The van der Waals surface area contributed by atoms with Gasteiger partial charge in [-0.25, -0.2) is 0 Å². The monoisotopic (exact) mass is 288 g/mol. The first kappa shape index (κ1) is 15.9. The molecule has 0 atom stereocenters. The number of halogens is 1. The molecule has 0 fully saturated rings. The highest BCUT2D eigenvalue weighted by Gasteiger charge is 2.07. The van der Waals surface area contributed by atoms with Gasteiger partial charge in [0.1, 0.15) is 0 Å². The topological polar surface area (TPSA) is 69.2 Å². The van der Waals surface area contributed by atoms with Crippen LogP contribution < -0.4 is 10.1 Å². The molecule has 1 aromatic rings. The van der Waals surface area contributed by atoms with E-state index >= 15 is 0 Å². The number of hydrogen-bond acceptors (Lipinski definition) is 6. The van der Waals surface area contributed by atoms with Gasteiger partial charge in [0.2, 0.25) is 11.2 Å². The smallest absolute Gasteiger partial charge is 0.322 e. The summed E-state index contributed by atoms with van der Waals surface area (Å²) in [7, 11) is 1.71. The number of nitrogens with one attached hydrogen (secondary N) is 1. The molecule has 0 aliphatic rings. The van der Waals surface area contributed by atoms with Gasteiger partial charge in [-0.15, -0.1) is 0 Å². The van der Waals surface area contributed by atoms with Crippen molar-refractivity contribution in [3.8, 4) is 6.01 Å². The molecule has 1 N–H and O–H groups in total. The molecule has 1 rings (SSSR count). The molecule has 1 aromatic heterocycles. The van der Waals surface area contributed by atoms with Gasteiger partial charge in [-0.1, -0.05) is 0 Å². The van der Waals surface area contributed by atoms with E-state index in [1.54, 1.807) is 7.11 Å². The predicted molar refractivity (Wildman–Crippen MR) is 74.8 cm³/mol. The first-order valence-electron chi connectivity index (χ1n) is 6.43. The quantitative estimate of drug-likeness (QED) is 0.704. The van der Waals surface area contributed by atoms with E-state index < -0.39 is 0 Å². The number of rotatable bonds is 9. The van der Waals surface area contributed by atoms with Gasteiger partial charge in [-0.3, -0.25) is 0 Å². The molecule has 0 aliphatic carbocycles. The Kier molecular flexibility index (Phi) is 7.43. The summed E-state index contributed by atoms with van der Waals surface area (Å²) < 4.78 is 10.4. The number of anilines is 1. The van der Waals surface area contributed by atoms with Crippen LogP contribution in [0, 0.1) is 0 Å². The summed E-state index contributed by atoms with van der Waals surface area (Å²) in [6.07, 6.45) is 3.17. The van der Waals surface area contributed by atoms with Crippen molar-refractivity contribution >= 4 is 17.5 Å². The van der Waals surface area contributed by atoms with Gasteiger partial charge in [-0.2, -0.15) is 15.0 Å². The molecular formula is C12H21ClN4O2. The van der Waals surface area contributed by atoms with Crippen LogP contribution >= 0.6 is 11.6 Å². The van der Waals surface area contributed by atoms with Crippen LogP contribution in [-0.4, -0.2) is 41.3 Å². The van der Waals surface area contributed by atoms with Gasteiger partial charge in [0, 0.05) is 20.3 Å². The maximum absolute atomic E-state index is 5.82. The largest absolute Gasteiger partial charge is 0.461 e. The fraction of sp³-hybridized carbons (Fsp3) is 0.750. The predicted octanol–water partition coefficient (Wildman–Crippen LogP) is 2.54. The van der Waals surface area contributed by atoms with Crippen molar-refractivity contribution < 1.29 is 9.47 Å². The van der Waals surface area contributed by atoms with Crippen molar-refractivity contribution in [1.29, 1.82) is 0 Å². The molecule has 0 radical (unpaired) electrons. The molecule has 0 amide bonds. The highest BCUT2D eigenvalue weighted by atomic mass is 35.5. The van der Waals surface area contributed by atoms with E-state index in [2.05, 4.69) is 20.3 Å². The molecule has 0 saturated carbocycles. The van der Waals surface area contributed by atoms with Gasteiger partial charge in [0.25, 0.3) is 0 Å². The van der Waals surface area contributed by atoms with Crippen LogP contribution in [0.3, 0.4) is 0 Å². The molecule has 19 heavy (non-hydrogen) atoms. The molecule has 0 aliphatic heterocycles. The van der Waals surface area contributed by atoms with Gasteiger partial charge in [0.05, 0.1) is 6.10 Å². The third-order valence-electron chi connectivity index (χ3n) is 2.24. The second-order valence-electron chi connectivity index (χ2n) is 4.36. The summed E-state index contributed by atoms with van der Waals surface area (Å²) in [6.45, 7) is 5.39. The Hall–Kier alpha value is -1.14. The van der Waals surface area contributed by atoms with Crippen molar-refractivity contribution in [2.45, 2.75) is 39.2 Å². The van der Waals surface area contributed by atoms with Gasteiger partial charge >= 0.3 is 6.01 Å². The average Bonchev–Trinajstić information content (AvgIpc) is 2.32. The van der Waals surface area contributed by atoms with Crippen LogP contribution in [0.15, 0.2) is 0 Å². The molecule has 108 valence electrons. The van der Waals surface area contributed by atoms with Crippen LogP contribution in [0.25, 0.3) is 0 Å². The summed E-state index contributed by atoms with van der Waals surface area (Å²) in [5.74, 6) is 0.447. The van der Waals surface area contributed by atoms with Crippen LogP contribution in [0.4, 0.5) is 5.95 Å². The van der Waals surface area contributed by atoms with Crippen molar-refractivity contribution in [1.82, 2.24) is 15.0 Å². The zero-order valence-electron chi connectivity index (χ0n) is 11.6. The minimum Gasteiger partial charge on any atom is -0.461 e. The second kappa shape index (κ2) is 8.87. The number of ether oxygens (including phenoxy) is 2. The Bertz CT molecular complexity index is 377. The van der Waals surface area contributed by atoms with E-state index in [0.29, 0.717) is 5.95 Å². The lowest BCUT2D eigenvalue weighted by Gasteiger charge is -2.09. The Morgan fingerprint density at radius 1 is 1.16 bits per heavy atom. The van der Waals surface area contributed by atoms with E-state index in [4.69, 9.17) is 21.1 Å². The number of aromatic nitrogens is 3. The Morgan fingerprint density at radius 3 is 2.63 bits per heavy atom. The molecule has 0 aromatic carbocycles. The maximum Gasteiger partial charge on any atom is 0.322 e. The number of unbranched alkanes of at least 4 members (excludes halogenated alkanes) is 2. The lowest BCUT2D eigenvalue weighted by Crippen LogP contribution is -2.12. The van der Waals surface area contributed by atoms with Crippen LogP contribution in [0.5, 0.6) is 6.01 Å². The molecular weight excluding hydrogens is 268 g/mol. The van der Waals surface area contributed by atoms with Crippen LogP contribution in [0.1, 0.15) is 33.1 Å². The highest BCUT2D eigenvalue weighted by molar-refractivity contribution is 6.28. The fourth-order valence-electron chi connectivity index (χ4n) is 1.42. The van der Waals surface area contributed by atoms with E-state index in [-0.39, 0.29) is 17.4 Å². The Morgan fingerprint density at radius 2 is 1.95 bits per heavy atom. The lowest BCUT2D eigenvalue weighted by molar-refractivity contribution is 0.192. The maximum atomic E-state index is 5.82. The zero-order valence-corrected chi connectivity index (χ0v) is 12.4. The summed E-state index contributed by atoms with van der Waals surface area (Å²) in [6, 6.07) is 0.247. The normalized spacial score (nSPS) is 10.8. The number of methoxy groups -OCH3 is 1. The van der Waals surface area contributed by atoms with Gasteiger partial charge < -0.3 is 14.8 Å². The van der Waals surface area contributed by atoms with Crippen LogP contribution in [0.2, 0.25) is 5.28 Å². The molecule has 0 bridgehead atoms. The fourth-order valence-corrected chi connectivity index (χ4v) is 1.58. The van der Waals surface area contributed by atoms with Crippen molar-refractivity contribution in [2.24, 2.45) is 0 Å². The third-order valence-corrected chi connectivity index (χ3v) is 2.41. The first-order chi connectivity index (χ1) is 9.11. The summed E-state index contributed by atoms with van der Waals surface area (Å²) >= 11 is 5.82. The van der Waals surface area contributed by atoms with E-state index in [1.807, 2.05) is 13.8 Å². The molecule has 0 unspecified atom stereocenters. The minimum atomic E-state index is 0.000334. The van der Waals surface area contributed by atoms with Crippen LogP contribution in [-0.2, 0) is 4.74 Å². The number of nitrogens with zero attached hydrogens (tertiary/aromatic N) is 3. The first-order valence-corrected chi connectivity index (χ1v) is 6.80. The summed E-state index contributed by atoms with van der Waals surface area (Å²) in [5, 5.41) is 3.24. The molecule has 0 saturated heterocycles. The molecule has 7 heteroatoms. The summed E-state index contributed by atoms with van der Waals surface area (Å²) in [4.78, 5) is 12.1. The molecule has 1 heterocycles.